The van der Waals surface area contributed by atoms with Gasteiger partial charge >= 0.3 is 0 Å². The number of carbonyl (C=O) groups is 2. The van der Waals surface area contributed by atoms with E-state index in [2.05, 4.69) is 11.4 Å². The molecule has 25 heavy (non-hydrogen) atoms. The van der Waals surface area contributed by atoms with Crippen molar-refractivity contribution in [2.75, 3.05) is 23.4 Å². The molecule has 0 bridgehead atoms. The zero-order valence-electron chi connectivity index (χ0n) is 13.8. The molecule has 0 radical (unpaired) electrons. The Morgan fingerprint density at radius 3 is 2.76 bits per heavy atom. The van der Waals surface area contributed by atoms with Crippen LogP contribution in [-0.4, -0.2) is 25.0 Å². The Labute approximate surface area is 145 Å². The van der Waals surface area contributed by atoms with E-state index < -0.39 is 0 Å². The molecule has 1 heterocycles. The summed E-state index contributed by atoms with van der Waals surface area (Å²) in [7, 11) is 0. The number of ether oxygens (including phenoxy) is 1. The van der Waals surface area contributed by atoms with Crippen LogP contribution < -0.4 is 15.0 Å². The number of nitrogens with one attached hydrogen (secondary N) is 1. The van der Waals surface area contributed by atoms with Crippen LogP contribution in [0, 0.1) is 18.3 Å². The van der Waals surface area contributed by atoms with Crippen LogP contribution in [0.5, 0.6) is 5.75 Å². The molecule has 6 nitrogen and oxygen atoms in total. The average Bonchev–Trinajstić information content (AvgIpc) is 2.62. The molecule has 0 aromatic heterocycles. The van der Waals surface area contributed by atoms with Gasteiger partial charge in [0.2, 0.25) is 0 Å². The fourth-order valence-corrected chi connectivity index (χ4v) is 2.60. The molecular weight excluding hydrogens is 318 g/mol. The Hall–Kier alpha value is -3.33. The zero-order valence-corrected chi connectivity index (χ0v) is 13.8. The molecule has 0 spiro atoms. The fourth-order valence-electron chi connectivity index (χ4n) is 2.60. The van der Waals surface area contributed by atoms with Gasteiger partial charge in [-0.2, -0.15) is 5.26 Å². The van der Waals surface area contributed by atoms with E-state index in [1.165, 1.54) is 0 Å². The molecular formula is C19H17N3O3. The molecule has 6 heteroatoms. The zero-order chi connectivity index (χ0) is 17.8. The number of aryl methyl sites for hydroxylation is 1. The molecule has 2 amide bonds. The third-order valence-corrected chi connectivity index (χ3v) is 3.90. The summed E-state index contributed by atoms with van der Waals surface area (Å²) in [5, 5.41) is 11.6. The van der Waals surface area contributed by atoms with E-state index in [1.807, 2.05) is 31.2 Å². The van der Waals surface area contributed by atoms with Crippen molar-refractivity contribution in [3.05, 3.63) is 53.6 Å². The van der Waals surface area contributed by atoms with E-state index in [9.17, 15) is 9.59 Å². The lowest BCUT2D eigenvalue weighted by Crippen LogP contribution is -2.32. The maximum atomic E-state index is 13.0. The van der Waals surface area contributed by atoms with Crippen LogP contribution in [0.15, 0.2) is 42.5 Å². The minimum Gasteiger partial charge on any atom is -0.482 e. The van der Waals surface area contributed by atoms with E-state index >= 15 is 0 Å². The monoisotopic (exact) mass is 335 g/mol. The standard InChI is InChI=1S/C19H17N3O3/c1-13-3-6-15(7-4-13)22(10-2-9-20)19(24)14-5-8-16-17(11-14)25-12-18(23)21-16/h3-8,11H,2,10,12H2,1H3,(H,21,23). The Kier molecular flexibility index (Phi) is 4.66. The van der Waals surface area contributed by atoms with Crippen LogP contribution in [0.4, 0.5) is 11.4 Å². The predicted octanol–water partition coefficient (Wildman–Crippen LogP) is 2.89. The van der Waals surface area contributed by atoms with E-state index in [1.54, 1.807) is 23.1 Å². The Bertz CT molecular complexity index is 853. The van der Waals surface area contributed by atoms with Gasteiger partial charge in [0.15, 0.2) is 6.61 Å². The van der Waals surface area contributed by atoms with Gasteiger partial charge in [0.1, 0.15) is 5.75 Å². The summed E-state index contributed by atoms with van der Waals surface area (Å²) in [4.78, 5) is 25.9. The predicted molar refractivity (Wildman–Crippen MR) is 93.7 cm³/mol. The Balaban J connectivity index is 1.91. The second kappa shape index (κ2) is 7.05. The molecule has 1 aliphatic heterocycles. The molecule has 3 rings (SSSR count). The summed E-state index contributed by atoms with van der Waals surface area (Å²) in [5.74, 6) is 0.0267. The number of fused-ring (bicyclic) bond motifs is 1. The van der Waals surface area contributed by atoms with Crippen molar-refractivity contribution in [2.24, 2.45) is 0 Å². The third-order valence-electron chi connectivity index (χ3n) is 3.90. The van der Waals surface area contributed by atoms with Crippen molar-refractivity contribution >= 4 is 23.2 Å². The van der Waals surface area contributed by atoms with Gasteiger partial charge in [-0.1, -0.05) is 17.7 Å². The summed E-state index contributed by atoms with van der Waals surface area (Å²) in [6.07, 6.45) is 0.233. The van der Waals surface area contributed by atoms with Crippen LogP contribution in [0.1, 0.15) is 22.3 Å². The lowest BCUT2D eigenvalue weighted by molar-refractivity contribution is -0.118. The molecule has 0 unspecified atom stereocenters. The normalized spacial score (nSPS) is 12.4. The van der Waals surface area contributed by atoms with Crippen molar-refractivity contribution < 1.29 is 14.3 Å². The largest absolute Gasteiger partial charge is 0.482 e. The summed E-state index contributed by atoms with van der Waals surface area (Å²) in [5.41, 5.74) is 2.81. The summed E-state index contributed by atoms with van der Waals surface area (Å²) in [6, 6.07) is 14.6. The summed E-state index contributed by atoms with van der Waals surface area (Å²) < 4.78 is 5.37. The van der Waals surface area contributed by atoms with Gasteiger partial charge in [-0.25, -0.2) is 0 Å². The fraction of sp³-hybridized carbons (Fsp3) is 0.211. The minimum absolute atomic E-state index is 0.0687. The number of nitrogens with zero attached hydrogens (tertiary/aromatic N) is 2. The van der Waals surface area contributed by atoms with E-state index in [0.717, 1.165) is 11.3 Å². The average molecular weight is 335 g/mol. The van der Waals surface area contributed by atoms with Crippen LogP contribution in [0.25, 0.3) is 0 Å². The molecule has 0 saturated heterocycles. The molecule has 0 saturated carbocycles. The van der Waals surface area contributed by atoms with Crippen molar-refractivity contribution in [3.63, 3.8) is 0 Å². The first-order valence-corrected chi connectivity index (χ1v) is 7.90. The second-order valence-corrected chi connectivity index (χ2v) is 5.75. The van der Waals surface area contributed by atoms with Crippen LogP contribution >= 0.6 is 0 Å². The highest BCUT2D eigenvalue weighted by Gasteiger charge is 2.21. The van der Waals surface area contributed by atoms with Gasteiger partial charge < -0.3 is 15.0 Å². The first kappa shape index (κ1) is 16.5. The van der Waals surface area contributed by atoms with Crippen LogP contribution in [0.2, 0.25) is 0 Å². The molecule has 1 N–H and O–H groups in total. The molecule has 0 fully saturated rings. The Morgan fingerprint density at radius 1 is 1.28 bits per heavy atom. The number of hydrogen-bond acceptors (Lipinski definition) is 4. The van der Waals surface area contributed by atoms with Crippen molar-refractivity contribution in [2.45, 2.75) is 13.3 Å². The lowest BCUT2D eigenvalue weighted by Gasteiger charge is -2.23. The quantitative estimate of drug-likeness (QED) is 0.931. The Morgan fingerprint density at radius 2 is 2.04 bits per heavy atom. The molecule has 2 aromatic carbocycles. The van der Waals surface area contributed by atoms with E-state index in [0.29, 0.717) is 23.5 Å². The number of amides is 2. The second-order valence-electron chi connectivity index (χ2n) is 5.75. The number of rotatable bonds is 4. The maximum absolute atomic E-state index is 13.0. The summed E-state index contributed by atoms with van der Waals surface area (Å²) in [6.45, 7) is 2.20. The molecule has 1 aliphatic rings. The smallest absolute Gasteiger partial charge is 0.262 e. The number of benzene rings is 2. The number of carbonyl (C=O) groups excluding carboxylic acids is 2. The van der Waals surface area contributed by atoms with Crippen LogP contribution in [-0.2, 0) is 4.79 Å². The minimum atomic E-state index is -0.220. The third kappa shape index (κ3) is 3.61. The van der Waals surface area contributed by atoms with Crippen LogP contribution in [0.3, 0.4) is 0 Å². The number of nitriles is 1. The first-order chi connectivity index (χ1) is 12.1. The van der Waals surface area contributed by atoms with Gasteiger partial charge in [0, 0.05) is 17.8 Å². The maximum Gasteiger partial charge on any atom is 0.262 e. The SMILES string of the molecule is Cc1ccc(N(CCC#N)C(=O)c2ccc3c(c2)OCC(=O)N3)cc1. The highest BCUT2D eigenvalue weighted by Crippen LogP contribution is 2.29. The molecule has 0 aliphatic carbocycles. The van der Waals surface area contributed by atoms with Gasteiger partial charge in [0.05, 0.1) is 18.2 Å². The number of anilines is 2. The van der Waals surface area contributed by atoms with Crippen molar-refractivity contribution in [1.82, 2.24) is 0 Å². The topological polar surface area (TPSA) is 82.4 Å². The highest BCUT2D eigenvalue weighted by molar-refractivity contribution is 6.07. The van der Waals surface area contributed by atoms with Gasteiger partial charge in [-0.15, -0.1) is 0 Å². The van der Waals surface area contributed by atoms with Gasteiger partial charge in [0.25, 0.3) is 11.8 Å². The molecule has 0 atom stereocenters. The lowest BCUT2D eigenvalue weighted by atomic mass is 10.1. The van der Waals surface area contributed by atoms with E-state index in [4.69, 9.17) is 10.00 Å². The van der Waals surface area contributed by atoms with E-state index in [-0.39, 0.29) is 24.8 Å². The molecule has 126 valence electrons. The number of hydrogen-bond donors (Lipinski definition) is 1. The van der Waals surface area contributed by atoms with Crippen molar-refractivity contribution in [1.29, 1.82) is 5.26 Å². The van der Waals surface area contributed by atoms with Gasteiger partial charge in [-0.05, 0) is 37.3 Å². The summed E-state index contributed by atoms with van der Waals surface area (Å²) >= 11 is 0. The van der Waals surface area contributed by atoms with Gasteiger partial charge in [-0.3, -0.25) is 9.59 Å². The first-order valence-electron chi connectivity index (χ1n) is 7.90. The highest BCUT2D eigenvalue weighted by atomic mass is 16.5. The molecule has 2 aromatic rings. The van der Waals surface area contributed by atoms with Crippen molar-refractivity contribution in [3.8, 4) is 11.8 Å².